The zero-order valence-electron chi connectivity index (χ0n) is 8.24. The van der Waals surface area contributed by atoms with E-state index in [0.717, 1.165) is 6.07 Å². The maximum absolute atomic E-state index is 12.8. The number of carboxylic acids is 1. The lowest BCUT2D eigenvalue weighted by atomic mass is 10.00. The minimum Gasteiger partial charge on any atom is -0.481 e. The van der Waals surface area contributed by atoms with Crippen LogP contribution in [0.1, 0.15) is 23.7 Å². The first-order chi connectivity index (χ1) is 7.00. The molecule has 0 heterocycles. The fraction of sp³-hybridized carbons (Fsp3) is 0.273. The minimum absolute atomic E-state index is 0.112. The van der Waals surface area contributed by atoms with Gasteiger partial charge in [0.15, 0.2) is 5.78 Å². The van der Waals surface area contributed by atoms with Crippen molar-refractivity contribution in [3.05, 3.63) is 35.6 Å². The molecular formula is C11H11FO3. The molecule has 1 aromatic rings. The van der Waals surface area contributed by atoms with Crippen molar-refractivity contribution in [3.8, 4) is 0 Å². The summed E-state index contributed by atoms with van der Waals surface area (Å²) >= 11 is 0. The summed E-state index contributed by atoms with van der Waals surface area (Å²) in [5, 5.41) is 8.61. The summed E-state index contributed by atoms with van der Waals surface area (Å²) in [5.41, 5.74) is 0.211. The zero-order valence-corrected chi connectivity index (χ0v) is 8.24. The Bertz CT molecular complexity index is 387. The summed E-state index contributed by atoms with van der Waals surface area (Å²) in [6, 6.07) is 5.24. The van der Waals surface area contributed by atoms with Gasteiger partial charge < -0.3 is 5.11 Å². The first-order valence-corrected chi connectivity index (χ1v) is 4.52. The van der Waals surface area contributed by atoms with Gasteiger partial charge in [0.25, 0.3) is 0 Å². The molecule has 3 nitrogen and oxygen atoms in total. The molecule has 0 amide bonds. The lowest BCUT2D eigenvalue weighted by Gasteiger charge is -2.04. The predicted octanol–water partition coefficient (Wildman–Crippen LogP) is 2.12. The maximum Gasteiger partial charge on any atom is 0.306 e. The molecule has 1 atom stereocenters. The molecule has 15 heavy (non-hydrogen) atoms. The molecule has 0 bridgehead atoms. The second kappa shape index (κ2) is 4.68. The number of ketones is 1. The van der Waals surface area contributed by atoms with Crippen LogP contribution in [0, 0.1) is 11.7 Å². The number of aliphatic carboxylic acids is 1. The highest BCUT2D eigenvalue weighted by molar-refractivity contribution is 5.97. The Hall–Kier alpha value is -1.71. The summed E-state index contributed by atoms with van der Waals surface area (Å²) in [4.78, 5) is 22.0. The minimum atomic E-state index is -1.03. The molecule has 0 aliphatic carbocycles. The van der Waals surface area contributed by atoms with E-state index in [0.29, 0.717) is 0 Å². The van der Waals surface area contributed by atoms with Crippen molar-refractivity contribution in [2.24, 2.45) is 5.92 Å². The SMILES string of the molecule is C[C@@H](CC(=O)c1cccc(F)c1)C(=O)O. The third-order valence-electron chi connectivity index (χ3n) is 2.06. The van der Waals surface area contributed by atoms with Gasteiger partial charge in [0.05, 0.1) is 5.92 Å². The summed E-state index contributed by atoms with van der Waals surface area (Å²) in [6.07, 6.45) is -0.112. The number of hydrogen-bond acceptors (Lipinski definition) is 2. The standard InChI is InChI=1S/C11H11FO3/c1-7(11(14)15)5-10(13)8-3-2-4-9(12)6-8/h2-4,6-7H,5H2,1H3,(H,14,15)/t7-/m0/s1. The summed E-state index contributed by atoms with van der Waals surface area (Å²) in [6.45, 7) is 1.44. The topological polar surface area (TPSA) is 54.4 Å². The third-order valence-corrected chi connectivity index (χ3v) is 2.06. The molecule has 80 valence electrons. The van der Waals surface area contributed by atoms with Gasteiger partial charge in [-0.1, -0.05) is 19.1 Å². The number of hydrogen-bond donors (Lipinski definition) is 1. The molecule has 1 aromatic carbocycles. The molecule has 0 aromatic heterocycles. The number of carboxylic acid groups (broad SMARTS) is 1. The van der Waals surface area contributed by atoms with Crippen LogP contribution in [0.4, 0.5) is 4.39 Å². The van der Waals surface area contributed by atoms with Crippen LogP contribution in [0.2, 0.25) is 0 Å². The van der Waals surface area contributed by atoms with Crippen molar-refractivity contribution in [2.45, 2.75) is 13.3 Å². The Labute approximate surface area is 86.5 Å². The molecule has 0 radical (unpaired) electrons. The number of benzene rings is 1. The van der Waals surface area contributed by atoms with Crippen LogP contribution in [0.25, 0.3) is 0 Å². The Balaban J connectivity index is 2.73. The fourth-order valence-corrected chi connectivity index (χ4v) is 1.15. The number of halogens is 1. The summed E-state index contributed by atoms with van der Waals surface area (Å²) < 4.78 is 12.8. The fourth-order valence-electron chi connectivity index (χ4n) is 1.15. The van der Waals surface area contributed by atoms with E-state index in [4.69, 9.17) is 5.11 Å². The molecule has 1 N–H and O–H groups in total. The molecule has 0 saturated carbocycles. The third kappa shape index (κ3) is 3.16. The van der Waals surface area contributed by atoms with Crippen LogP contribution in [0.3, 0.4) is 0 Å². The van der Waals surface area contributed by atoms with Crippen LogP contribution >= 0.6 is 0 Å². The van der Waals surface area contributed by atoms with Crippen molar-refractivity contribution in [2.75, 3.05) is 0 Å². The first-order valence-electron chi connectivity index (χ1n) is 4.52. The van der Waals surface area contributed by atoms with Crippen molar-refractivity contribution in [1.82, 2.24) is 0 Å². The van der Waals surface area contributed by atoms with Crippen LogP contribution < -0.4 is 0 Å². The van der Waals surface area contributed by atoms with E-state index in [1.807, 2.05) is 0 Å². The van der Waals surface area contributed by atoms with Crippen LogP contribution in [-0.4, -0.2) is 16.9 Å². The van der Waals surface area contributed by atoms with E-state index in [2.05, 4.69) is 0 Å². The first kappa shape index (κ1) is 11.4. The quantitative estimate of drug-likeness (QED) is 0.774. The van der Waals surface area contributed by atoms with Gasteiger partial charge in [-0.15, -0.1) is 0 Å². The van der Waals surface area contributed by atoms with Gasteiger partial charge in [-0.3, -0.25) is 9.59 Å². The number of carbonyl (C=O) groups is 2. The van der Waals surface area contributed by atoms with Gasteiger partial charge in [-0.25, -0.2) is 4.39 Å². The highest BCUT2D eigenvalue weighted by atomic mass is 19.1. The molecule has 0 aliphatic heterocycles. The largest absolute Gasteiger partial charge is 0.481 e. The summed E-state index contributed by atoms with van der Waals surface area (Å²) in [5.74, 6) is -2.63. The van der Waals surface area contributed by atoms with Gasteiger partial charge in [-0.2, -0.15) is 0 Å². The Morgan fingerprint density at radius 1 is 1.47 bits per heavy atom. The molecule has 4 heteroatoms. The summed E-state index contributed by atoms with van der Waals surface area (Å²) in [7, 11) is 0. The molecule has 1 rings (SSSR count). The Kier molecular flexibility index (Phi) is 3.55. The second-order valence-electron chi connectivity index (χ2n) is 3.38. The Morgan fingerprint density at radius 3 is 2.67 bits per heavy atom. The van der Waals surface area contributed by atoms with E-state index in [-0.39, 0.29) is 17.8 Å². The van der Waals surface area contributed by atoms with E-state index in [9.17, 15) is 14.0 Å². The van der Waals surface area contributed by atoms with Gasteiger partial charge in [0, 0.05) is 12.0 Å². The van der Waals surface area contributed by atoms with Crippen LogP contribution in [0.15, 0.2) is 24.3 Å². The maximum atomic E-state index is 12.8. The monoisotopic (exact) mass is 210 g/mol. The molecule has 0 saturated heterocycles. The van der Waals surface area contributed by atoms with Crippen molar-refractivity contribution < 1.29 is 19.1 Å². The van der Waals surface area contributed by atoms with Crippen LogP contribution in [-0.2, 0) is 4.79 Å². The predicted molar refractivity (Wildman–Crippen MR) is 52.1 cm³/mol. The Morgan fingerprint density at radius 2 is 2.13 bits per heavy atom. The highest BCUT2D eigenvalue weighted by Gasteiger charge is 2.17. The highest BCUT2D eigenvalue weighted by Crippen LogP contribution is 2.11. The smallest absolute Gasteiger partial charge is 0.306 e. The number of rotatable bonds is 4. The van der Waals surface area contributed by atoms with Crippen LogP contribution in [0.5, 0.6) is 0 Å². The number of carbonyl (C=O) groups excluding carboxylic acids is 1. The van der Waals surface area contributed by atoms with E-state index in [1.54, 1.807) is 0 Å². The van der Waals surface area contributed by atoms with Gasteiger partial charge >= 0.3 is 5.97 Å². The van der Waals surface area contributed by atoms with Gasteiger partial charge in [0.1, 0.15) is 5.82 Å². The zero-order chi connectivity index (χ0) is 11.4. The molecule has 0 aliphatic rings. The van der Waals surface area contributed by atoms with Crippen molar-refractivity contribution >= 4 is 11.8 Å². The molecule has 0 fully saturated rings. The lowest BCUT2D eigenvalue weighted by Crippen LogP contribution is -2.14. The van der Waals surface area contributed by atoms with Crippen molar-refractivity contribution in [3.63, 3.8) is 0 Å². The lowest BCUT2D eigenvalue weighted by molar-refractivity contribution is -0.141. The van der Waals surface area contributed by atoms with Gasteiger partial charge in [-0.05, 0) is 12.1 Å². The molecule has 0 unspecified atom stereocenters. The molecule has 0 spiro atoms. The average molecular weight is 210 g/mol. The normalized spacial score (nSPS) is 12.1. The average Bonchev–Trinajstić information content (AvgIpc) is 2.17. The van der Waals surface area contributed by atoms with E-state index in [1.165, 1.54) is 25.1 Å². The van der Waals surface area contributed by atoms with Gasteiger partial charge in [0.2, 0.25) is 0 Å². The van der Waals surface area contributed by atoms with Crippen molar-refractivity contribution in [1.29, 1.82) is 0 Å². The number of Topliss-reactive ketones (excluding diaryl/α,β-unsaturated/α-hetero) is 1. The van der Waals surface area contributed by atoms with E-state index < -0.39 is 17.7 Å². The molecular weight excluding hydrogens is 199 g/mol. The second-order valence-corrected chi connectivity index (χ2v) is 3.38. The van der Waals surface area contributed by atoms with E-state index >= 15 is 0 Å².